The fourth-order valence-electron chi connectivity index (χ4n) is 1.83. The van der Waals surface area contributed by atoms with Gasteiger partial charge in [0.15, 0.2) is 5.13 Å². The second kappa shape index (κ2) is 6.68. The van der Waals surface area contributed by atoms with E-state index in [9.17, 15) is 4.79 Å². The van der Waals surface area contributed by atoms with Crippen LogP contribution in [0.15, 0.2) is 11.6 Å². The Bertz CT molecular complexity index is 336. The number of nitrogens with zero attached hydrogens (tertiary/aromatic N) is 1. The highest BCUT2D eigenvalue weighted by atomic mass is 32.1. The molecule has 2 rings (SSSR count). The van der Waals surface area contributed by atoms with Gasteiger partial charge in [-0.05, 0) is 25.3 Å². The van der Waals surface area contributed by atoms with Crippen molar-refractivity contribution < 1.29 is 9.53 Å². The molecule has 1 aromatic heterocycles. The molecule has 1 aromatic rings. The van der Waals surface area contributed by atoms with E-state index in [2.05, 4.69) is 15.6 Å². The molecular weight excluding hydrogens is 238 g/mol. The van der Waals surface area contributed by atoms with Gasteiger partial charge in [0.1, 0.15) is 6.61 Å². The van der Waals surface area contributed by atoms with Crippen molar-refractivity contribution in [2.24, 2.45) is 5.92 Å². The lowest BCUT2D eigenvalue weighted by Crippen LogP contribution is -2.33. The first-order valence-corrected chi connectivity index (χ1v) is 6.70. The minimum atomic E-state index is -0.135. The first-order valence-electron chi connectivity index (χ1n) is 5.82. The Hall–Kier alpha value is -0.980. The third kappa shape index (κ3) is 4.41. The third-order valence-electron chi connectivity index (χ3n) is 2.66. The summed E-state index contributed by atoms with van der Waals surface area (Å²) < 4.78 is 5.41. The molecule has 0 radical (unpaired) electrons. The summed E-state index contributed by atoms with van der Waals surface area (Å²) >= 11 is 1.40. The first kappa shape index (κ1) is 12.5. The normalized spacial score (nSPS) is 20.1. The number of hydrogen-bond acceptors (Lipinski definition) is 5. The van der Waals surface area contributed by atoms with Crippen molar-refractivity contribution in [3.8, 4) is 0 Å². The van der Waals surface area contributed by atoms with E-state index < -0.39 is 0 Å². The first-order chi connectivity index (χ1) is 8.34. The molecular formula is C11H17N3O2S. The maximum absolute atomic E-state index is 11.5. The van der Waals surface area contributed by atoms with Crippen LogP contribution in [0.25, 0.3) is 0 Å². The van der Waals surface area contributed by atoms with Crippen LogP contribution in [0.5, 0.6) is 0 Å². The Balaban J connectivity index is 1.59. The van der Waals surface area contributed by atoms with Gasteiger partial charge in [-0.2, -0.15) is 0 Å². The maximum atomic E-state index is 11.5. The second-order valence-electron chi connectivity index (χ2n) is 4.11. The van der Waals surface area contributed by atoms with E-state index in [0.29, 0.717) is 17.7 Å². The monoisotopic (exact) mass is 255 g/mol. The van der Waals surface area contributed by atoms with Gasteiger partial charge in [0.05, 0.1) is 6.61 Å². The highest BCUT2D eigenvalue weighted by Crippen LogP contribution is 2.11. The molecule has 1 fully saturated rings. The number of rotatable bonds is 5. The number of amides is 1. The number of thiazole rings is 1. The van der Waals surface area contributed by atoms with Gasteiger partial charge in [0, 0.05) is 18.1 Å². The minimum absolute atomic E-state index is 0.107. The molecule has 5 nitrogen and oxygen atoms in total. The molecule has 1 amide bonds. The molecule has 1 atom stereocenters. The molecule has 1 unspecified atom stereocenters. The van der Waals surface area contributed by atoms with Crippen molar-refractivity contribution in [2.45, 2.75) is 12.8 Å². The molecule has 2 N–H and O–H groups in total. The van der Waals surface area contributed by atoms with Crippen LogP contribution >= 0.6 is 11.3 Å². The average Bonchev–Trinajstić information content (AvgIpc) is 2.83. The zero-order valence-electron chi connectivity index (χ0n) is 9.65. The Labute approximate surface area is 105 Å². The summed E-state index contributed by atoms with van der Waals surface area (Å²) in [5.74, 6) is 0.403. The Morgan fingerprint density at radius 1 is 1.71 bits per heavy atom. The molecule has 6 heteroatoms. The molecule has 1 aliphatic rings. The summed E-state index contributed by atoms with van der Waals surface area (Å²) in [7, 11) is 0. The second-order valence-corrected chi connectivity index (χ2v) is 5.01. The van der Waals surface area contributed by atoms with Crippen LogP contribution in [-0.2, 0) is 9.53 Å². The van der Waals surface area contributed by atoms with Gasteiger partial charge in [0.25, 0.3) is 5.91 Å². The fraction of sp³-hybridized carbons (Fsp3) is 0.636. The Morgan fingerprint density at radius 2 is 2.65 bits per heavy atom. The zero-order chi connectivity index (χ0) is 11.9. The minimum Gasteiger partial charge on any atom is -0.371 e. The smallest absolute Gasteiger partial charge is 0.252 e. The molecule has 0 aliphatic carbocycles. The van der Waals surface area contributed by atoms with E-state index in [1.807, 2.05) is 5.38 Å². The maximum Gasteiger partial charge on any atom is 0.252 e. The van der Waals surface area contributed by atoms with Gasteiger partial charge in [-0.3, -0.25) is 10.1 Å². The van der Waals surface area contributed by atoms with Gasteiger partial charge < -0.3 is 10.1 Å². The summed E-state index contributed by atoms with van der Waals surface area (Å²) in [6.07, 6.45) is 4.04. The number of aromatic nitrogens is 1. The van der Waals surface area contributed by atoms with Gasteiger partial charge in [-0.15, -0.1) is 11.3 Å². The molecule has 17 heavy (non-hydrogen) atoms. The van der Waals surface area contributed by atoms with E-state index in [1.54, 1.807) is 6.20 Å². The predicted molar refractivity (Wildman–Crippen MR) is 67.2 cm³/mol. The largest absolute Gasteiger partial charge is 0.371 e. The molecule has 1 saturated heterocycles. The highest BCUT2D eigenvalue weighted by molar-refractivity contribution is 7.13. The summed E-state index contributed by atoms with van der Waals surface area (Å²) in [5.41, 5.74) is 0. The van der Waals surface area contributed by atoms with E-state index in [-0.39, 0.29) is 12.5 Å². The van der Waals surface area contributed by atoms with Crippen LogP contribution in [0.4, 0.5) is 5.13 Å². The summed E-state index contributed by atoms with van der Waals surface area (Å²) in [5, 5.41) is 8.45. The van der Waals surface area contributed by atoms with E-state index in [4.69, 9.17) is 4.74 Å². The molecule has 0 aromatic carbocycles. The lowest BCUT2D eigenvalue weighted by atomic mass is 10.0. The third-order valence-corrected chi connectivity index (χ3v) is 3.35. The molecule has 0 bridgehead atoms. The summed E-state index contributed by atoms with van der Waals surface area (Å²) in [6.45, 7) is 2.85. The van der Waals surface area contributed by atoms with Crippen LogP contribution < -0.4 is 10.6 Å². The lowest BCUT2D eigenvalue weighted by molar-refractivity contribution is -0.121. The van der Waals surface area contributed by atoms with Crippen LogP contribution in [0.3, 0.4) is 0 Å². The number of carbonyl (C=O) groups is 1. The van der Waals surface area contributed by atoms with Gasteiger partial charge in [-0.1, -0.05) is 0 Å². The van der Waals surface area contributed by atoms with Crippen LogP contribution in [0.2, 0.25) is 0 Å². The Kier molecular flexibility index (Phi) is 4.90. The molecule has 2 heterocycles. The van der Waals surface area contributed by atoms with Gasteiger partial charge in [-0.25, -0.2) is 4.98 Å². The van der Waals surface area contributed by atoms with Crippen molar-refractivity contribution in [3.05, 3.63) is 11.6 Å². The standard InChI is InChI=1S/C11H17N3O2S/c15-10(14-11-13-4-5-17-11)8-16-7-9-2-1-3-12-6-9/h4-5,9,12H,1-3,6-8H2,(H,13,14,15). The summed E-state index contributed by atoms with van der Waals surface area (Å²) in [4.78, 5) is 15.4. The number of carbonyl (C=O) groups excluding carboxylic acids is 1. The number of hydrogen-bond donors (Lipinski definition) is 2. The topological polar surface area (TPSA) is 63.2 Å². The van der Waals surface area contributed by atoms with Gasteiger partial charge in [0.2, 0.25) is 0 Å². The van der Waals surface area contributed by atoms with E-state index >= 15 is 0 Å². The summed E-state index contributed by atoms with van der Waals surface area (Å²) in [6, 6.07) is 0. The highest BCUT2D eigenvalue weighted by Gasteiger charge is 2.13. The average molecular weight is 255 g/mol. The number of piperidine rings is 1. The van der Waals surface area contributed by atoms with Crippen LogP contribution in [0, 0.1) is 5.92 Å². The number of ether oxygens (including phenoxy) is 1. The molecule has 0 spiro atoms. The SMILES string of the molecule is O=C(COCC1CCCNC1)Nc1nccs1. The van der Waals surface area contributed by atoms with E-state index in [1.165, 1.54) is 24.2 Å². The lowest BCUT2D eigenvalue weighted by Gasteiger charge is -2.22. The molecule has 94 valence electrons. The predicted octanol–water partition coefficient (Wildman–Crippen LogP) is 1.10. The van der Waals surface area contributed by atoms with Crippen molar-refractivity contribution in [3.63, 3.8) is 0 Å². The van der Waals surface area contributed by atoms with Gasteiger partial charge >= 0.3 is 0 Å². The number of anilines is 1. The van der Waals surface area contributed by atoms with E-state index in [0.717, 1.165) is 13.1 Å². The van der Waals surface area contributed by atoms with Crippen molar-refractivity contribution in [2.75, 3.05) is 31.6 Å². The van der Waals surface area contributed by atoms with Crippen LogP contribution in [0.1, 0.15) is 12.8 Å². The molecule has 0 saturated carbocycles. The van der Waals surface area contributed by atoms with Crippen LogP contribution in [-0.4, -0.2) is 37.2 Å². The quantitative estimate of drug-likeness (QED) is 0.827. The zero-order valence-corrected chi connectivity index (χ0v) is 10.5. The number of nitrogens with one attached hydrogen (secondary N) is 2. The molecule has 1 aliphatic heterocycles. The van der Waals surface area contributed by atoms with Crippen molar-refractivity contribution in [1.82, 2.24) is 10.3 Å². The fourth-order valence-corrected chi connectivity index (χ4v) is 2.37. The van der Waals surface area contributed by atoms with Crippen molar-refractivity contribution >= 4 is 22.4 Å². The Morgan fingerprint density at radius 3 is 3.35 bits per heavy atom. The van der Waals surface area contributed by atoms with Crippen molar-refractivity contribution in [1.29, 1.82) is 0 Å².